The Morgan fingerprint density at radius 3 is 2.73 bits per heavy atom. The molecule has 3 rings (SSSR count). The molecule has 1 atom stereocenters. The van der Waals surface area contributed by atoms with Gasteiger partial charge in [0, 0.05) is 18.8 Å². The first kappa shape index (κ1) is 17.7. The van der Waals surface area contributed by atoms with Crippen molar-refractivity contribution < 1.29 is 24.3 Å². The van der Waals surface area contributed by atoms with E-state index >= 15 is 0 Å². The highest BCUT2D eigenvalue weighted by Crippen LogP contribution is 2.26. The van der Waals surface area contributed by atoms with E-state index in [2.05, 4.69) is 10.6 Å². The van der Waals surface area contributed by atoms with Crippen molar-refractivity contribution in [1.29, 1.82) is 0 Å². The Balaban J connectivity index is 1.75. The van der Waals surface area contributed by atoms with E-state index in [1.807, 2.05) is 0 Å². The van der Waals surface area contributed by atoms with E-state index in [1.54, 1.807) is 25.1 Å². The average Bonchev–Trinajstić information content (AvgIpc) is 2.95. The number of carboxylic acid groups (broad SMARTS) is 1. The Hall–Kier alpha value is -3.10. The van der Waals surface area contributed by atoms with Crippen LogP contribution in [-0.4, -0.2) is 53.6 Å². The van der Waals surface area contributed by atoms with Gasteiger partial charge in [-0.3, -0.25) is 9.59 Å². The predicted octanol–water partition coefficient (Wildman–Crippen LogP) is 1.38. The lowest BCUT2D eigenvalue weighted by molar-refractivity contribution is -0.143. The molecule has 2 aliphatic heterocycles. The quantitative estimate of drug-likeness (QED) is 0.704. The van der Waals surface area contributed by atoms with E-state index < -0.39 is 23.9 Å². The number of amides is 5. The number of benzene rings is 1. The summed E-state index contributed by atoms with van der Waals surface area (Å²) < 4.78 is 0. The van der Waals surface area contributed by atoms with Crippen molar-refractivity contribution in [1.82, 2.24) is 10.2 Å². The van der Waals surface area contributed by atoms with E-state index in [0.29, 0.717) is 30.8 Å². The standard InChI is InChI=1S/C17H20N4O5/c1-10-4-5-12(7-13(10)21-14(22)8-18-16(21)25)19-17(26)20-6-2-3-11(9-20)15(23)24/h4-5,7,11H,2-3,6,8-9H2,1H3,(H,18,25)(H,19,26)(H,23,24)/t11-/m0/s1. The monoisotopic (exact) mass is 360 g/mol. The van der Waals surface area contributed by atoms with Gasteiger partial charge < -0.3 is 20.6 Å². The van der Waals surface area contributed by atoms with Crippen molar-refractivity contribution in [2.75, 3.05) is 29.9 Å². The minimum Gasteiger partial charge on any atom is -0.481 e. The summed E-state index contributed by atoms with van der Waals surface area (Å²) >= 11 is 0. The number of nitrogens with one attached hydrogen (secondary N) is 2. The summed E-state index contributed by atoms with van der Waals surface area (Å²) in [6.45, 7) is 2.36. The van der Waals surface area contributed by atoms with Gasteiger partial charge in [-0.1, -0.05) is 6.07 Å². The molecule has 2 saturated heterocycles. The fraction of sp³-hybridized carbons (Fsp3) is 0.412. The molecule has 2 aliphatic rings. The van der Waals surface area contributed by atoms with E-state index in [0.717, 1.165) is 10.5 Å². The van der Waals surface area contributed by atoms with Crippen molar-refractivity contribution in [3.8, 4) is 0 Å². The van der Waals surface area contributed by atoms with Crippen LogP contribution < -0.4 is 15.5 Å². The normalized spacial score (nSPS) is 20.1. The van der Waals surface area contributed by atoms with E-state index in [4.69, 9.17) is 5.11 Å². The first-order chi connectivity index (χ1) is 12.4. The van der Waals surface area contributed by atoms with Crippen molar-refractivity contribution >= 4 is 35.3 Å². The fourth-order valence-corrected chi connectivity index (χ4v) is 3.16. The Morgan fingerprint density at radius 1 is 1.31 bits per heavy atom. The van der Waals surface area contributed by atoms with Crippen LogP contribution in [0, 0.1) is 12.8 Å². The number of carbonyl (C=O) groups excluding carboxylic acids is 3. The second kappa shape index (κ2) is 7.03. The van der Waals surface area contributed by atoms with E-state index in [1.165, 1.54) is 4.90 Å². The number of likely N-dealkylation sites (tertiary alicyclic amines) is 1. The molecular formula is C17H20N4O5. The SMILES string of the molecule is Cc1ccc(NC(=O)N2CCC[C@H](C(=O)O)C2)cc1N1C(=O)CNC1=O. The Morgan fingerprint density at radius 2 is 2.08 bits per heavy atom. The maximum atomic E-state index is 12.4. The minimum atomic E-state index is -0.904. The number of carboxylic acids is 1. The number of urea groups is 2. The van der Waals surface area contributed by atoms with Crippen LogP contribution in [0.4, 0.5) is 21.0 Å². The fourth-order valence-electron chi connectivity index (χ4n) is 3.16. The van der Waals surface area contributed by atoms with Crippen molar-refractivity contribution in [3.63, 3.8) is 0 Å². The number of hydrogen-bond donors (Lipinski definition) is 3. The summed E-state index contributed by atoms with van der Waals surface area (Å²) in [7, 11) is 0. The molecule has 9 nitrogen and oxygen atoms in total. The molecule has 1 aromatic carbocycles. The van der Waals surface area contributed by atoms with Crippen molar-refractivity contribution in [3.05, 3.63) is 23.8 Å². The first-order valence-corrected chi connectivity index (χ1v) is 8.37. The third-order valence-corrected chi connectivity index (χ3v) is 4.60. The number of nitrogens with zero attached hydrogens (tertiary/aromatic N) is 2. The maximum absolute atomic E-state index is 12.4. The molecule has 26 heavy (non-hydrogen) atoms. The molecule has 2 fully saturated rings. The van der Waals surface area contributed by atoms with Crippen LogP contribution in [0.3, 0.4) is 0 Å². The molecule has 3 N–H and O–H groups in total. The first-order valence-electron chi connectivity index (χ1n) is 8.37. The number of imide groups is 1. The van der Waals surface area contributed by atoms with Crippen LogP contribution in [0.2, 0.25) is 0 Å². The zero-order valence-electron chi connectivity index (χ0n) is 14.3. The molecular weight excluding hydrogens is 340 g/mol. The van der Waals surface area contributed by atoms with Gasteiger partial charge in [0.2, 0.25) is 0 Å². The highest BCUT2D eigenvalue weighted by Gasteiger charge is 2.32. The number of aliphatic carboxylic acids is 1. The van der Waals surface area contributed by atoms with Crippen LogP contribution in [0.5, 0.6) is 0 Å². The molecule has 0 bridgehead atoms. The van der Waals surface area contributed by atoms with Gasteiger partial charge in [-0.2, -0.15) is 0 Å². The second-order valence-corrected chi connectivity index (χ2v) is 6.44. The van der Waals surface area contributed by atoms with Crippen LogP contribution in [0.1, 0.15) is 18.4 Å². The third-order valence-electron chi connectivity index (χ3n) is 4.60. The third kappa shape index (κ3) is 3.46. The number of aryl methyl sites for hydroxylation is 1. The van der Waals surface area contributed by atoms with Crippen molar-refractivity contribution in [2.45, 2.75) is 19.8 Å². The number of piperidine rings is 1. The number of rotatable bonds is 3. The van der Waals surface area contributed by atoms with Gasteiger partial charge in [-0.25, -0.2) is 14.5 Å². The van der Waals surface area contributed by atoms with Gasteiger partial charge in [-0.15, -0.1) is 0 Å². The summed E-state index contributed by atoms with van der Waals surface area (Å²) in [5.41, 5.74) is 1.56. The second-order valence-electron chi connectivity index (χ2n) is 6.44. The Labute approximate surface area is 149 Å². The van der Waals surface area contributed by atoms with Crippen LogP contribution >= 0.6 is 0 Å². The largest absolute Gasteiger partial charge is 0.481 e. The number of hydrogen-bond acceptors (Lipinski definition) is 4. The lowest BCUT2D eigenvalue weighted by Crippen LogP contribution is -2.44. The molecule has 0 radical (unpaired) electrons. The zero-order valence-corrected chi connectivity index (χ0v) is 14.3. The van der Waals surface area contributed by atoms with E-state index in [-0.39, 0.29) is 19.0 Å². The molecule has 0 saturated carbocycles. The van der Waals surface area contributed by atoms with Crippen LogP contribution in [0.15, 0.2) is 18.2 Å². The highest BCUT2D eigenvalue weighted by molar-refractivity contribution is 6.20. The molecule has 0 unspecified atom stereocenters. The Bertz CT molecular complexity index is 762. The Kier molecular flexibility index (Phi) is 4.79. The summed E-state index contributed by atoms with van der Waals surface area (Å²) in [4.78, 5) is 49.9. The molecule has 138 valence electrons. The molecule has 9 heteroatoms. The molecule has 2 heterocycles. The van der Waals surface area contributed by atoms with Crippen molar-refractivity contribution in [2.24, 2.45) is 5.92 Å². The summed E-state index contributed by atoms with van der Waals surface area (Å²) in [5.74, 6) is -1.82. The number of carbonyl (C=O) groups is 4. The van der Waals surface area contributed by atoms with Gasteiger partial charge in [0.05, 0.1) is 18.2 Å². The summed E-state index contributed by atoms with van der Waals surface area (Å²) in [6, 6.07) is 4.05. The molecule has 0 aliphatic carbocycles. The number of anilines is 2. The summed E-state index contributed by atoms with van der Waals surface area (Å²) in [5, 5.41) is 14.3. The van der Waals surface area contributed by atoms with Crippen LogP contribution in [0.25, 0.3) is 0 Å². The van der Waals surface area contributed by atoms with Gasteiger partial charge >= 0.3 is 18.0 Å². The van der Waals surface area contributed by atoms with Gasteiger partial charge in [0.1, 0.15) is 0 Å². The van der Waals surface area contributed by atoms with Crippen LogP contribution in [-0.2, 0) is 9.59 Å². The van der Waals surface area contributed by atoms with Gasteiger partial charge in [0.25, 0.3) is 5.91 Å². The minimum absolute atomic E-state index is 0.0563. The smallest absolute Gasteiger partial charge is 0.329 e. The summed E-state index contributed by atoms with van der Waals surface area (Å²) in [6.07, 6.45) is 1.19. The molecule has 5 amide bonds. The van der Waals surface area contributed by atoms with E-state index in [9.17, 15) is 19.2 Å². The lowest BCUT2D eigenvalue weighted by atomic mass is 9.99. The molecule has 0 aromatic heterocycles. The predicted molar refractivity (Wildman–Crippen MR) is 93.0 cm³/mol. The molecule has 0 spiro atoms. The van der Waals surface area contributed by atoms with Gasteiger partial charge in [-0.05, 0) is 37.5 Å². The zero-order chi connectivity index (χ0) is 18.8. The average molecular weight is 360 g/mol. The lowest BCUT2D eigenvalue weighted by Gasteiger charge is -2.30. The topological polar surface area (TPSA) is 119 Å². The van der Waals surface area contributed by atoms with Gasteiger partial charge in [0.15, 0.2) is 0 Å². The molecule has 1 aromatic rings. The maximum Gasteiger partial charge on any atom is 0.329 e. The highest BCUT2D eigenvalue weighted by atomic mass is 16.4.